The van der Waals surface area contributed by atoms with Crippen LogP contribution in [0.3, 0.4) is 0 Å². The average Bonchev–Trinajstić information content (AvgIpc) is 3.30. The first-order valence-electron chi connectivity index (χ1n) is 10.9. The van der Waals surface area contributed by atoms with Crippen molar-refractivity contribution in [2.45, 2.75) is 46.6 Å². The molecule has 0 radical (unpaired) electrons. The lowest BCUT2D eigenvalue weighted by Gasteiger charge is -2.19. The van der Waals surface area contributed by atoms with Crippen LogP contribution in [-0.4, -0.2) is 25.8 Å². The van der Waals surface area contributed by atoms with Crippen molar-refractivity contribution in [3.63, 3.8) is 0 Å². The Morgan fingerprint density at radius 3 is 2.48 bits per heavy atom. The van der Waals surface area contributed by atoms with Crippen LogP contribution in [0.15, 0.2) is 59.7 Å². The van der Waals surface area contributed by atoms with E-state index in [-0.39, 0.29) is 23.3 Å². The molecule has 7 heteroatoms. The molecule has 2 heterocycles. The van der Waals surface area contributed by atoms with Crippen molar-refractivity contribution in [3.8, 4) is 16.8 Å². The van der Waals surface area contributed by atoms with Gasteiger partial charge in [0.1, 0.15) is 5.69 Å². The highest BCUT2D eigenvalue weighted by Gasteiger charge is 2.18. The second kappa shape index (κ2) is 9.42. The quantitative estimate of drug-likeness (QED) is 0.434. The molecule has 4 rings (SSSR count). The van der Waals surface area contributed by atoms with Crippen LogP contribution in [0.1, 0.15) is 56.2 Å². The van der Waals surface area contributed by atoms with Gasteiger partial charge in [-0.05, 0) is 40.8 Å². The van der Waals surface area contributed by atoms with Gasteiger partial charge in [-0.1, -0.05) is 52.8 Å². The SMILES string of the molecule is CC.CC(C)(C)c1ccc2c(=O)n(-c3cccc(-c4c[nH]c(C(N)=O)c4)c3CO)ncc2c1. The molecule has 0 unspecified atom stereocenters. The van der Waals surface area contributed by atoms with E-state index in [4.69, 9.17) is 5.73 Å². The number of nitrogens with two attached hydrogens (primary N) is 1. The molecule has 0 aliphatic rings. The van der Waals surface area contributed by atoms with Crippen LogP contribution in [0.25, 0.3) is 27.6 Å². The highest BCUT2D eigenvalue weighted by Crippen LogP contribution is 2.29. The summed E-state index contributed by atoms with van der Waals surface area (Å²) in [5.74, 6) is -0.574. The molecule has 0 spiro atoms. The summed E-state index contributed by atoms with van der Waals surface area (Å²) in [4.78, 5) is 27.5. The Labute approximate surface area is 192 Å². The van der Waals surface area contributed by atoms with E-state index in [2.05, 4.69) is 30.9 Å². The van der Waals surface area contributed by atoms with Gasteiger partial charge in [-0.2, -0.15) is 9.78 Å². The van der Waals surface area contributed by atoms with E-state index in [1.165, 1.54) is 4.68 Å². The number of carbonyl (C=O) groups is 1. The molecule has 4 N–H and O–H groups in total. The normalized spacial score (nSPS) is 11.2. The molecule has 0 saturated carbocycles. The summed E-state index contributed by atoms with van der Waals surface area (Å²) in [7, 11) is 0. The lowest BCUT2D eigenvalue weighted by atomic mass is 9.86. The summed E-state index contributed by atoms with van der Waals surface area (Å²) in [5.41, 5.74) is 8.78. The number of hydrogen-bond donors (Lipinski definition) is 3. The minimum atomic E-state index is -0.574. The molecule has 1 amide bonds. The van der Waals surface area contributed by atoms with E-state index in [0.717, 1.165) is 10.9 Å². The van der Waals surface area contributed by atoms with Crippen LogP contribution in [0.2, 0.25) is 0 Å². The smallest absolute Gasteiger partial charge is 0.279 e. The van der Waals surface area contributed by atoms with Crippen LogP contribution >= 0.6 is 0 Å². The van der Waals surface area contributed by atoms with Gasteiger partial charge in [0.15, 0.2) is 0 Å². The third-order valence-corrected chi connectivity index (χ3v) is 5.45. The average molecular weight is 447 g/mol. The van der Waals surface area contributed by atoms with Crippen molar-refractivity contribution >= 4 is 16.7 Å². The lowest BCUT2D eigenvalue weighted by molar-refractivity contribution is 0.0996. The molecule has 0 bridgehead atoms. The Morgan fingerprint density at radius 2 is 1.88 bits per heavy atom. The Hall–Kier alpha value is -3.71. The summed E-state index contributed by atoms with van der Waals surface area (Å²) in [6, 6.07) is 12.7. The monoisotopic (exact) mass is 446 g/mol. The molecule has 33 heavy (non-hydrogen) atoms. The van der Waals surface area contributed by atoms with Gasteiger partial charge in [-0.15, -0.1) is 0 Å². The molecule has 2 aromatic heterocycles. The second-order valence-corrected chi connectivity index (χ2v) is 8.54. The zero-order chi connectivity index (χ0) is 24.3. The summed E-state index contributed by atoms with van der Waals surface area (Å²) in [6.07, 6.45) is 3.31. The van der Waals surface area contributed by atoms with Gasteiger partial charge in [0.2, 0.25) is 0 Å². The fourth-order valence-corrected chi connectivity index (χ4v) is 3.69. The number of nitrogens with one attached hydrogen (secondary N) is 1. The van der Waals surface area contributed by atoms with Crippen molar-refractivity contribution in [2.24, 2.45) is 5.73 Å². The lowest BCUT2D eigenvalue weighted by Crippen LogP contribution is -2.23. The zero-order valence-electron chi connectivity index (χ0n) is 19.6. The van der Waals surface area contributed by atoms with Gasteiger partial charge in [0.05, 0.1) is 23.9 Å². The van der Waals surface area contributed by atoms with Crippen molar-refractivity contribution in [1.29, 1.82) is 0 Å². The third kappa shape index (κ3) is 4.59. The van der Waals surface area contributed by atoms with Crippen LogP contribution in [-0.2, 0) is 12.0 Å². The number of aliphatic hydroxyl groups excluding tert-OH is 1. The number of primary amides is 1. The molecule has 0 aliphatic heterocycles. The highest BCUT2D eigenvalue weighted by molar-refractivity contribution is 5.92. The Bertz CT molecular complexity index is 1360. The van der Waals surface area contributed by atoms with Crippen molar-refractivity contribution in [3.05, 3.63) is 82.0 Å². The first-order valence-corrected chi connectivity index (χ1v) is 10.9. The summed E-state index contributed by atoms with van der Waals surface area (Å²) >= 11 is 0. The molecule has 2 aromatic carbocycles. The standard InChI is InChI=1S/C24H24N4O3.C2H6/c1-24(2,3)16-7-8-18-14(9-16)12-27-28(23(18)31)21-6-4-5-17(19(21)13-29)15-10-20(22(25)30)26-11-15;1-2/h4-12,26,29H,13H2,1-3H3,(H2,25,30);1-2H3. The molecular formula is C26H30N4O3. The Morgan fingerprint density at radius 1 is 1.15 bits per heavy atom. The number of aromatic nitrogens is 3. The van der Waals surface area contributed by atoms with Gasteiger partial charge >= 0.3 is 0 Å². The van der Waals surface area contributed by atoms with E-state index < -0.39 is 5.91 Å². The number of H-pyrrole nitrogens is 1. The van der Waals surface area contributed by atoms with Crippen molar-refractivity contribution in [2.75, 3.05) is 0 Å². The molecule has 4 aromatic rings. The summed E-state index contributed by atoms with van der Waals surface area (Å²) in [5, 5.41) is 15.8. The van der Waals surface area contributed by atoms with Crippen LogP contribution in [0.4, 0.5) is 0 Å². The number of nitrogens with zero attached hydrogens (tertiary/aromatic N) is 2. The molecule has 0 atom stereocenters. The maximum atomic E-state index is 13.3. The third-order valence-electron chi connectivity index (χ3n) is 5.45. The number of rotatable bonds is 4. The topological polar surface area (TPSA) is 114 Å². The van der Waals surface area contributed by atoms with E-state index in [1.54, 1.807) is 30.6 Å². The maximum absolute atomic E-state index is 13.3. The van der Waals surface area contributed by atoms with Crippen molar-refractivity contribution < 1.29 is 9.90 Å². The number of hydrogen-bond acceptors (Lipinski definition) is 4. The summed E-state index contributed by atoms with van der Waals surface area (Å²) in [6.45, 7) is 10.0. The van der Waals surface area contributed by atoms with Gasteiger partial charge in [-0.3, -0.25) is 9.59 Å². The molecule has 0 saturated heterocycles. The molecule has 0 aliphatic carbocycles. The second-order valence-electron chi connectivity index (χ2n) is 8.54. The Kier molecular flexibility index (Phi) is 6.84. The minimum Gasteiger partial charge on any atom is -0.392 e. The number of aliphatic hydroxyl groups is 1. The van der Waals surface area contributed by atoms with E-state index >= 15 is 0 Å². The molecule has 0 fully saturated rings. The van der Waals surface area contributed by atoms with E-state index in [1.807, 2.05) is 38.1 Å². The summed E-state index contributed by atoms with van der Waals surface area (Å²) < 4.78 is 1.30. The highest BCUT2D eigenvalue weighted by atomic mass is 16.3. The predicted molar refractivity (Wildman–Crippen MR) is 132 cm³/mol. The zero-order valence-corrected chi connectivity index (χ0v) is 19.6. The first kappa shape index (κ1) is 23.9. The largest absolute Gasteiger partial charge is 0.392 e. The minimum absolute atomic E-state index is 0.0399. The number of aromatic amines is 1. The van der Waals surface area contributed by atoms with Crippen LogP contribution in [0, 0.1) is 0 Å². The number of fused-ring (bicyclic) bond motifs is 1. The predicted octanol–water partition coefficient (Wildman–Crippen LogP) is 4.30. The molecule has 7 nitrogen and oxygen atoms in total. The molecule has 172 valence electrons. The fraction of sp³-hybridized carbons (Fsp3) is 0.269. The van der Waals surface area contributed by atoms with Crippen LogP contribution < -0.4 is 11.3 Å². The Balaban J connectivity index is 0.00000149. The fourth-order valence-electron chi connectivity index (χ4n) is 3.69. The van der Waals surface area contributed by atoms with Gasteiger partial charge in [0, 0.05) is 22.7 Å². The number of carbonyl (C=O) groups excluding carboxylic acids is 1. The first-order chi connectivity index (χ1) is 15.7. The molecular weight excluding hydrogens is 416 g/mol. The van der Waals surface area contributed by atoms with Crippen LogP contribution in [0.5, 0.6) is 0 Å². The van der Waals surface area contributed by atoms with Crippen molar-refractivity contribution in [1.82, 2.24) is 14.8 Å². The van der Waals surface area contributed by atoms with Gasteiger partial charge in [-0.25, -0.2) is 0 Å². The number of benzene rings is 2. The van der Waals surface area contributed by atoms with E-state index in [0.29, 0.717) is 27.8 Å². The van der Waals surface area contributed by atoms with Gasteiger partial charge < -0.3 is 15.8 Å². The number of amides is 1. The van der Waals surface area contributed by atoms with E-state index in [9.17, 15) is 14.7 Å². The maximum Gasteiger partial charge on any atom is 0.279 e. The van der Waals surface area contributed by atoms with Gasteiger partial charge in [0.25, 0.3) is 11.5 Å².